The number of ether oxygens (including phenoxy) is 2. The van der Waals surface area contributed by atoms with Crippen LogP contribution in [0, 0.1) is 6.92 Å². The highest BCUT2D eigenvalue weighted by atomic mass is 35.5. The summed E-state index contributed by atoms with van der Waals surface area (Å²) in [5, 5.41) is 4.12. The molecule has 1 atom stereocenters. The number of halogens is 1. The molecule has 0 spiro atoms. The van der Waals surface area contributed by atoms with Crippen molar-refractivity contribution in [3.63, 3.8) is 0 Å². The monoisotopic (exact) mass is 303 g/mol. The summed E-state index contributed by atoms with van der Waals surface area (Å²) in [6.07, 6.45) is -0.00643. The Bertz CT molecular complexity index is 640. The van der Waals surface area contributed by atoms with Gasteiger partial charge in [0.05, 0.1) is 18.8 Å². The molecule has 1 aliphatic rings. The molecule has 3 rings (SSSR count). The standard InChI is InChI=1S/C17H18ClNO2/c1-3-20-14-6-4-12(5-7-14)16-10-19-15-9-13(18)8-11(2)17(15)21-16/h4-9,16,19H,3,10H2,1-2H3. The summed E-state index contributed by atoms with van der Waals surface area (Å²) in [6.45, 7) is 5.38. The van der Waals surface area contributed by atoms with E-state index in [2.05, 4.69) is 5.32 Å². The largest absolute Gasteiger partial charge is 0.494 e. The van der Waals surface area contributed by atoms with Crippen LogP contribution in [0.25, 0.3) is 0 Å². The highest BCUT2D eigenvalue weighted by molar-refractivity contribution is 6.31. The second-order valence-corrected chi connectivity index (χ2v) is 5.53. The van der Waals surface area contributed by atoms with Gasteiger partial charge in [-0.05, 0) is 49.2 Å². The van der Waals surface area contributed by atoms with Gasteiger partial charge in [0.1, 0.15) is 17.6 Å². The molecule has 1 N–H and O–H groups in total. The van der Waals surface area contributed by atoms with Gasteiger partial charge in [-0.25, -0.2) is 0 Å². The van der Waals surface area contributed by atoms with E-state index in [1.165, 1.54) is 0 Å². The van der Waals surface area contributed by atoms with Crippen molar-refractivity contribution in [2.24, 2.45) is 0 Å². The number of aryl methyl sites for hydroxylation is 1. The molecule has 0 saturated heterocycles. The highest BCUT2D eigenvalue weighted by Gasteiger charge is 2.22. The fourth-order valence-corrected chi connectivity index (χ4v) is 2.81. The van der Waals surface area contributed by atoms with Gasteiger partial charge < -0.3 is 14.8 Å². The Morgan fingerprint density at radius 1 is 1.29 bits per heavy atom. The second kappa shape index (κ2) is 5.86. The average Bonchev–Trinajstić information content (AvgIpc) is 2.48. The van der Waals surface area contributed by atoms with Crippen molar-refractivity contribution in [3.05, 3.63) is 52.5 Å². The zero-order chi connectivity index (χ0) is 14.8. The molecule has 21 heavy (non-hydrogen) atoms. The average molecular weight is 304 g/mol. The van der Waals surface area contributed by atoms with Gasteiger partial charge in [0.2, 0.25) is 0 Å². The first-order valence-electron chi connectivity index (χ1n) is 7.11. The smallest absolute Gasteiger partial charge is 0.146 e. The zero-order valence-electron chi connectivity index (χ0n) is 12.2. The lowest BCUT2D eigenvalue weighted by atomic mass is 10.1. The predicted molar refractivity (Wildman–Crippen MR) is 85.7 cm³/mol. The fourth-order valence-electron chi connectivity index (χ4n) is 2.54. The van der Waals surface area contributed by atoms with Gasteiger partial charge in [0.15, 0.2) is 0 Å². The van der Waals surface area contributed by atoms with Crippen molar-refractivity contribution in [2.45, 2.75) is 20.0 Å². The van der Waals surface area contributed by atoms with Gasteiger partial charge in [0, 0.05) is 5.02 Å². The first kappa shape index (κ1) is 14.1. The topological polar surface area (TPSA) is 30.5 Å². The molecule has 1 unspecified atom stereocenters. The van der Waals surface area contributed by atoms with Crippen LogP contribution in [0.4, 0.5) is 5.69 Å². The van der Waals surface area contributed by atoms with Crippen molar-refractivity contribution >= 4 is 17.3 Å². The van der Waals surface area contributed by atoms with Gasteiger partial charge in [-0.3, -0.25) is 0 Å². The maximum atomic E-state index is 6.14. The van der Waals surface area contributed by atoms with E-state index < -0.39 is 0 Å². The van der Waals surface area contributed by atoms with E-state index in [0.717, 1.165) is 39.9 Å². The minimum atomic E-state index is -0.00643. The Kier molecular flexibility index (Phi) is 3.93. The van der Waals surface area contributed by atoms with Crippen molar-refractivity contribution in [1.29, 1.82) is 0 Å². The van der Waals surface area contributed by atoms with E-state index >= 15 is 0 Å². The maximum Gasteiger partial charge on any atom is 0.146 e. The Morgan fingerprint density at radius 2 is 2.05 bits per heavy atom. The third-order valence-corrected chi connectivity index (χ3v) is 3.76. The molecule has 0 bridgehead atoms. The fraction of sp³-hybridized carbons (Fsp3) is 0.294. The SMILES string of the molecule is CCOc1ccc(C2CNc3cc(Cl)cc(C)c3O2)cc1. The van der Waals surface area contributed by atoms with E-state index in [1.54, 1.807) is 0 Å². The molecule has 1 aliphatic heterocycles. The molecule has 0 amide bonds. The van der Waals surface area contributed by atoms with E-state index in [9.17, 15) is 0 Å². The van der Waals surface area contributed by atoms with E-state index in [1.807, 2.05) is 50.2 Å². The minimum Gasteiger partial charge on any atom is -0.494 e. The van der Waals surface area contributed by atoms with Crippen LogP contribution in [0.2, 0.25) is 5.02 Å². The lowest BCUT2D eigenvalue weighted by Gasteiger charge is -2.29. The van der Waals surface area contributed by atoms with Crippen LogP contribution in [0.3, 0.4) is 0 Å². The summed E-state index contributed by atoms with van der Waals surface area (Å²) in [4.78, 5) is 0. The highest BCUT2D eigenvalue weighted by Crippen LogP contribution is 2.39. The van der Waals surface area contributed by atoms with Crippen molar-refractivity contribution in [2.75, 3.05) is 18.5 Å². The van der Waals surface area contributed by atoms with E-state index in [4.69, 9.17) is 21.1 Å². The zero-order valence-corrected chi connectivity index (χ0v) is 12.9. The molecule has 0 aromatic heterocycles. The quantitative estimate of drug-likeness (QED) is 0.899. The number of hydrogen-bond acceptors (Lipinski definition) is 3. The Balaban J connectivity index is 1.82. The Morgan fingerprint density at radius 3 is 2.76 bits per heavy atom. The molecule has 110 valence electrons. The van der Waals surface area contributed by atoms with E-state index in [0.29, 0.717) is 6.61 Å². The molecule has 2 aromatic carbocycles. The second-order valence-electron chi connectivity index (χ2n) is 5.09. The predicted octanol–water partition coefficient (Wildman–Crippen LogP) is 4.59. The normalized spacial score (nSPS) is 16.6. The molecule has 0 aliphatic carbocycles. The molecule has 0 radical (unpaired) electrons. The van der Waals surface area contributed by atoms with E-state index in [-0.39, 0.29) is 6.10 Å². The van der Waals surface area contributed by atoms with Crippen LogP contribution in [-0.4, -0.2) is 13.2 Å². The first-order chi connectivity index (χ1) is 10.2. The van der Waals surface area contributed by atoms with Gasteiger partial charge in [-0.15, -0.1) is 0 Å². The van der Waals surface area contributed by atoms with Crippen molar-refractivity contribution in [3.8, 4) is 11.5 Å². The summed E-state index contributed by atoms with van der Waals surface area (Å²) in [7, 11) is 0. The maximum absolute atomic E-state index is 6.14. The Hall–Kier alpha value is -1.87. The molecule has 0 saturated carbocycles. The lowest BCUT2D eigenvalue weighted by molar-refractivity contribution is 0.209. The van der Waals surface area contributed by atoms with Gasteiger partial charge in [-0.2, -0.15) is 0 Å². The van der Waals surface area contributed by atoms with Crippen LogP contribution in [-0.2, 0) is 0 Å². The van der Waals surface area contributed by atoms with Crippen LogP contribution in [0.15, 0.2) is 36.4 Å². The first-order valence-corrected chi connectivity index (χ1v) is 7.48. The number of hydrogen-bond donors (Lipinski definition) is 1. The molecule has 0 fully saturated rings. The summed E-state index contributed by atoms with van der Waals surface area (Å²) < 4.78 is 11.6. The molecule has 2 aromatic rings. The van der Waals surface area contributed by atoms with Gasteiger partial charge in [0.25, 0.3) is 0 Å². The number of fused-ring (bicyclic) bond motifs is 1. The number of benzene rings is 2. The van der Waals surface area contributed by atoms with Crippen molar-refractivity contribution in [1.82, 2.24) is 0 Å². The minimum absolute atomic E-state index is 0.00643. The molecular weight excluding hydrogens is 286 g/mol. The third-order valence-electron chi connectivity index (χ3n) is 3.54. The molecule has 3 nitrogen and oxygen atoms in total. The summed E-state index contributed by atoms with van der Waals surface area (Å²) in [6, 6.07) is 11.9. The number of anilines is 1. The molecular formula is C17H18ClNO2. The van der Waals surface area contributed by atoms with Gasteiger partial charge >= 0.3 is 0 Å². The summed E-state index contributed by atoms with van der Waals surface area (Å²) in [5.41, 5.74) is 3.13. The number of nitrogens with one attached hydrogen (secondary N) is 1. The molecule has 1 heterocycles. The van der Waals surface area contributed by atoms with Crippen molar-refractivity contribution < 1.29 is 9.47 Å². The third kappa shape index (κ3) is 2.93. The van der Waals surface area contributed by atoms with Crippen LogP contribution >= 0.6 is 11.6 Å². The summed E-state index contributed by atoms with van der Waals surface area (Å²) in [5.74, 6) is 1.76. The Labute approximate surface area is 129 Å². The summed E-state index contributed by atoms with van der Waals surface area (Å²) >= 11 is 6.07. The van der Waals surface area contributed by atoms with Gasteiger partial charge in [-0.1, -0.05) is 23.7 Å². The number of rotatable bonds is 3. The van der Waals surface area contributed by atoms with Crippen LogP contribution in [0.1, 0.15) is 24.2 Å². The lowest BCUT2D eigenvalue weighted by Crippen LogP contribution is -2.24. The molecule has 4 heteroatoms. The van der Waals surface area contributed by atoms with Crippen LogP contribution < -0.4 is 14.8 Å². The van der Waals surface area contributed by atoms with Crippen LogP contribution in [0.5, 0.6) is 11.5 Å².